The molecule has 0 aliphatic heterocycles. The fourth-order valence-corrected chi connectivity index (χ4v) is 1.09. The van der Waals surface area contributed by atoms with Gasteiger partial charge in [-0.25, -0.2) is 4.79 Å². The summed E-state index contributed by atoms with van der Waals surface area (Å²) in [7, 11) is 1.57. The van der Waals surface area contributed by atoms with E-state index in [2.05, 4.69) is 10.6 Å². The molecule has 0 saturated carbocycles. The Hall–Kier alpha value is -1.37. The highest BCUT2D eigenvalue weighted by molar-refractivity contribution is 7.80. The second-order valence-corrected chi connectivity index (χ2v) is 3.31. The number of carboxylic acid groups (broad SMARTS) is 2. The van der Waals surface area contributed by atoms with Crippen LogP contribution in [0.1, 0.15) is 19.3 Å². The number of rotatable bonds is 6. The molecule has 0 fully saturated rings. The van der Waals surface area contributed by atoms with Crippen LogP contribution in [0.15, 0.2) is 0 Å². The van der Waals surface area contributed by atoms with Crippen LogP contribution >= 0.6 is 12.2 Å². The SMILES string of the molecule is CNC(=S)NC(CCCC(=O)O)C(=O)O. The first-order valence-electron chi connectivity index (χ1n) is 4.40. The maximum absolute atomic E-state index is 10.7. The number of thiocarbonyl (C=S) groups is 1. The van der Waals surface area contributed by atoms with Gasteiger partial charge in [0.25, 0.3) is 0 Å². The van der Waals surface area contributed by atoms with Gasteiger partial charge in [0.05, 0.1) is 0 Å². The summed E-state index contributed by atoms with van der Waals surface area (Å²) < 4.78 is 0. The van der Waals surface area contributed by atoms with Crippen LogP contribution in [-0.4, -0.2) is 40.4 Å². The highest BCUT2D eigenvalue weighted by Crippen LogP contribution is 2.01. The molecule has 0 bridgehead atoms. The topological polar surface area (TPSA) is 98.7 Å². The minimum atomic E-state index is -1.04. The van der Waals surface area contributed by atoms with E-state index in [4.69, 9.17) is 22.4 Å². The van der Waals surface area contributed by atoms with Crippen LogP contribution in [0, 0.1) is 0 Å². The third-order valence-corrected chi connectivity index (χ3v) is 2.04. The Morgan fingerprint density at radius 1 is 1.40 bits per heavy atom. The van der Waals surface area contributed by atoms with E-state index in [0.29, 0.717) is 6.42 Å². The number of hydrogen-bond acceptors (Lipinski definition) is 3. The molecule has 0 radical (unpaired) electrons. The molecule has 0 spiro atoms. The van der Waals surface area contributed by atoms with Crippen LogP contribution in [0.4, 0.5) is 0 Å². The summed E-state index contributed by atoms with van der Waals surface area (Å²) in [6.07, 6.45) is 0.479. The lowest BCUT2D eigenvalue weighted by molar-refractivity contribution is -0.140. The first-order chi connectivity index (χ1) is 6.97. The Bertz CT molecular complexity index is 257. The summed E-state index contributed by atoms with van der Waals surface area (Å²) in [5.74, 6) is -1.98. The van der Waals surface area contributed by atoms with Crippen molar-refractivity contribution >= 4 is 29.3 Å². The van der Waals surface area contributed by atoms with Gasteiger partial charge in [0.2, 0.25) is 0 Å². The average Bonchev–Trinajstić information content (AvgIpc) is 2.15. The molecule has 0 aromatic carbocycles. The lowest BCUT2D eigenvalue weighted by atomic mass is 10.1. The third kappa shape index (κ3) is 6.67. The number of nitrogens with one attached hydrogen (secondary N) is 2. The molecular weight excluding hydrogens is 220 g/mol. The minimum Gasteiger partial charge on any atom is -0.481 e. The van der Waals surface area contributed by atoms with Crippen LogP contribution in [0.2, 0.25) is 0 Å². The van der Waals surface area contributed by atoms with Crippen molar-refractivity contribution in [2.45, 2.75) is 25.3 Å². The molecule has 4 N–H and O–H groups in total. The Morgan fingerprint density at radius 2 is 2.00 bits per heavy atom. The molecule has 0 aromatic rings. The smallest absolute Gasteiger partial charge is 0.326 e. The lowest BCUT2D eigenvalue weighted by Crippen LogP contribution is -2.44. The molecule has 0 aliphatic rings. The van der Waals surface area contributed by atoms with Crippen molar-refractivity contribution in [3.8, 4) is 0 Å². The number of carbonyl (C=O) groups is 2. The van der Waals surface area contributed by atoms with Gasteiger partial charge >= 0.3 is 11.9 Å². The van der Waals surface area contributed by atoms with Crippen LogP contribution in [-0.2, 0) is 9.59 Å². The number of carboxylic acids is 2. The predicted molar refractivity (Wildman–Crippen MR) is 57.7 cm³/mol. The van der Waals surface area contributed by atoms with E-state index >= 15 is 0 Å². The summed E-state index contributed by atoms with van der Waals surface area (Å²) in [4.78, 5) is 21.0. The van der Waals surface area contributed by atoms with Gasteiger partial charge in [0.15, 0.2) is 5.11 Å². The zero-order chi connectivity index (χ0) is 11.8. The van der Waals surface area contributed by atoms with Crippen LogP contribution in [0.3, 0.4) is 0 Å². The lowest BCUT2D eigenvalue weighted by Gasteiger charge is -2.15. The molecule has 0 rings (SSSR count). The molecular formula is C8H14N2O4S. The molecule has 0 amide bonds. The van der Waals surface area contributed by atoms with E-state index in [-0.39, 0.29) is 18.0 Å². The van der Waals surface area contributed by atoms with E-state index in [1.165, 1.54) is 0 Å². The summed E-state index contributed by atoms with van der Waals surface area (Å²) in [6.45, 7) is 0. The van der Waals surface area contributed by atoms with Gasteiger partial charge in [-0.15, -0.1) is 0 Å². The third-order valence-electron chi connectivity index (χ3n) is 1.71. The summed E-state index contributed by atoms with van der Waals surface area (Å²) >= 11 is 4.75. The maximum atomic E-state index is 10.7. The Balaban J connectivity index is 4.00. The highest BCUT2D eigenvalue weighted by Gasteiger charge is 2.17. The molecule has 1 unspecified atom stereocenters. The fraction of sp³-hybridized carbons (Fsp3) is 0.625. The standard InChI is InChI=1S/C8H14N2O4S/c1-9-8(15)10-5(7(13)14)3-2-4-6(11)12/h5H,2-4H2,1H3,(H,11,12)(H,13,14)(H2,9,10,15). The molecule has 6 nitrogen and oxygen atoms in total. The largest absolute Gasteiger partial charge is 0.481 e. The van der Waals surface area contributed by atoms with Gasteiger partial charge in [-0.05, 0) is 25.1 Å². The molecule has 15 heavy (non-hydrogen) atoms. The molecule has 0 aliphatic carbocycles. The minimum absolute atomic E-state index is 0.0439. The maximum Gasteiger partial charge on any atom is 0.326 e. The van der Waals surface area contributed by atoms with Crippen molar-refractivity contribution in [1.29, 1.82) is 0 Å². The average molecular weight is 234 g/mol. The molecule has 7 heteroatoms. The van der Waals surface area contributed by atoms with Crippen molar-refractivity contribution in [3.63, 3.8) is 0 Å². The molecule has 0 aromatic heterocycles. The van der Waals surface area contributed by atoms with E-state index in [9.17, 15) is 9.59 Å². The van der Waals surface area contributed by atoms with E-state index in [0.717, 1.165) is 0 Å². The zero-order valence-electron chi connectivity index (χ0n) is 8.32. The Labute approximate surface area is 92.7 Å². The number of aliphatic carboxylic acids is 2. The fourth-order valence-electron chi connectivity index (χ4n) is 0.945. The van der Waals surface area contributed by atoms with Crippen molar-refractivity contribution in [1.82, 2.24) is 10.6 Å². The highest BCUT2D eigenvalue weighted by atomic mass is 32.1. The summed E-state index contributed by atoms with van der Waals surface area (Å²) in [5.41, 5.74) is 0. The van der Waals surface area contributed by atoms with Crippen LogP contribution < -0.4 is 10.6 Å². The number of hydrogen-bond donors (Lipinski definition) is 4. The van der Waals surface area contributed by atoms with E-state index in [1.807, 2.05) is 0 Å². The van der Waals surface area contributed by atoms with Gasteiger partial charge < -0.3 is 20.8 Å². The van der Waals surface area contributed by atoms with Crippen LogP contribution in [0.25, 0.3) is 0 Å². The monoisotopic (exact) mass is 234 g/mol. The van der Waals surface area contributed by atoms with Gasteiger partial charge in [-0.3, -0.25) is 4.79 Å². The normalized spacial score (nSPS) is 11.5. The zero-order valence-corrected chi connectivity index (χ0v) is 9.13. The molecule has 1 atom stereocenters. The van der Waals surface area contributed by atoms with Crippen molar-refractivity contribution in [2.24, 2.45) is 0 Å². The second-order valence-electron chi connectivity index (χ2n) is 2.90. The van der Waals surface area contributed by atoms with Gasteiger partial charge in [0.1, 0.15) is 6.04 Å². The van der Waals surface area contributed by atoms with Crippen molar-refractivity contribution in [2.75, 3.05) is 7.05 Å². The quantitative estimate of drug-likeness (QED) is 0.472. The Kier molecular flexibility index (Phi) is 6.35. The van der Waals surface area contributed by atoms with E-state index in [1.54, 1.807) is 7.05 Å². The summed E-state index contributed by atoms with van der Waals surface area (Å²) in [5, 5.41) is 22.6. The van der Waals surface area contributed by atoms with Gasteiger partial charge in [0, 0.05) is 13.5 Å². The van der Waals surface area contributed by atoms with Gasteiger partial charge in [-0.2, -0.15) is 0 Å². The first kappa shape index (κ1) is 13.6. The Morgan fingerprint density at radius 3 is 2.40 bits per heavy atom. The molecule has 86 valence electrons. The first-order valence-corrected chi connectivity index (χ1v) is 4.81. The summed E-state index contributed by atoms with van der Waals surface area (Å²) in [6, 6.07) is -0.843. The van der Waals surface area contributed by atoms with E-state index < -0.39 is 18.0 Å². The predicted octanol–water partition coefficient (Wildman–Crippen LogP) is -0.212. The second kappa shape index (κ2) is 6.99. The van der Waals surface area contributed by atoms with Gasteiger partial charge in [-0.1, -0.05) is 0 Å². The van der Waals surface area contributed by atoms with Crippen molar-refractivity contribution < 1.29 is 19.8 Å². The molecule has 0 saturated heterocycles. The van der Waals surface area contributed by atoms with Crippen molar-refractivity contribution in [3.05, 3.63) is 0 Å². The molecule has 0 heterocycles. The van der Waals surface area contributed by atoms with Crippen LogP contribution in [0.5, 0.6) is 0 Å².